The van der Waals surface area contributed by atoms with Gasteiger partial charge in [-0.15, -0.1) is 0 Å². The van der Waals surface area contributed by atoms with Crippen molar-refractivity contribution in [1.82, 2.24) is 0 Å². The SMILES string of the molecule is CO[C@@H]1O[C@H](C(=O)[Te]c2ccccc2)[C@@H](OC(=O)c2ccccc2)[C@H](OC(=O)c2ccccc2)[C@H]1OC(=O)c1ccccc1. The summed E-state index contributed by atoms with van der Waals surface area (Å²) in [6.45, 7) is 0. The third kappa shape index (κ3) is 7.59. The Bertz CT molecular complexity index is 1570. The van der Waals surface area contributed by atoms with Gasteiger partial charge in [0.2, 0.25) is 0 Å². The van der Waals surface area contributed by atoms with Crippen LogP contribution in [0.5, 0.6) is 0 Å². The molecule has 4 aromatic rings. The first-order valence-corrected chi connectivity index (χ1v) is 16.0. The second kappa shape index (κ2) is 14.9. The van der Waals surface area contributed by atoms with Crippen LogP contribution >= 0.6 is 0 Å². The summed E-state index contributed by atoms with van der Waals surface area (Å²) in [5.74, 6) is -2.31. The number of benzene rings is 4. The van der Waals surface area contributed by atoms with Crippen LogP contribution in [0.15, 0.2) is 121 Å². The van der Waals surface area contributed by atoms with Crippen LogP contribution < -0.4 is 3.61 Å². The average molecular weight is 708 g/mol. The van der Waals surface area contributed by atoms with E-state index in [1.54, 1.807) is 91.0 Å². The molecule has 10 heteroatoms. The van der Waals surface area contributed by atoms with Crippen molar-refractivity contribution in [3.05, 3.63) is 138 Å². The van der Waals surface area contributed by atoms with Gasteiger partial charge in [0.05, 0.1) is 0 Å². The summed E-state index contributed by atoms with van der Waals surface area (Å²) in [5, 5.41) is 0. The summed E-state index contributed by atoms with van der Waals surface area (Å²) in [4.78, 5) is 53.9. The van der Waals surface area contributed by atoms with Crippen LogP contribution in [0, 0.1) is 0 Å². The van der Waals surface area contributed by atoms with Crippen LogP contribution in [0.25, 0.3) is 0 Å². The van der Waals surface area contributed by atoms with E-state index in [2.05, 4.69) is 0 Å². The number of hydrogen-bond acceptors (Lipinski definition) is 9. The summed E-state index contributed by atoms with van der Waals surface area (Å²) < 4.78 is 29.9. The van der Waals surface area contributed by atoms with Crippen LogP contribution in [0.3, 0.4) is 0 Å². The van der Waals surface area contributed by atoms with Gasteiger partial charge in [0.1, 0.15) is 0 Å². The molecule has 5 rings (SSSR count). The molecule has 4 aromatic carbocycles. The third-order valence-corrected chi connectivity index (χ3v) is 9.37. The van der Waals surface area contributed by atoms with Crippen LogP contribution in [-0.4, -0.2) is 80.5 Å². The van der Waals surface area contributed by atoms with Crippen molar-refractivity contribution in [2.24, 2.45) is 0 Å². The molecule has 44 heavy (non-hydrogen) atoms. The molecule has 224 valence electrons. The Hall–Kier alpha value is -4.33. The molecule has 0 aromatic heterocycles. The Balaban J connectivity index is 1.55. The van der Waals surface area contributed by atoms with Crippen molar-refractivity contribution in [2.45, 2.75) is 30.7 Å². The summed E-state index contributed by atoms with van der Waals surface area (Å²) in [7, 11) is 1.32. The van der Waals surface area contributed by atoms with Gasteiger partial charge in [0.15, 0.2) is 0 Å². The zero-order valence-electron chi connectivity index (χ0n) is 23.5. The summed E-state index contributed by atoms with van der Waals surface area (Å²) >= 11 is -1.53. The van der Waals surface area contributed by atoms with Gasteiger partial charge in [-0.2, -0.15) is 0 Å². The fraction of sp³-hybridized carbons (Fsp3) is 0.176. The van der Waals surface area contributed by atoms with Gasteiger partial charge < -0.3 is 0 Å². The van der Waals surface area contributed by atoms with Crippen molar-refractivity contribution in [3.63, 3.8) is 0 Å². The quantitative estimate of drug-likeness (QED) is 0.139. The van der Waals surface area contributed by atoms with E-state index < -0.39 is 69.5 Å². The fourth-order valence-electron chi connectivity index (χ4n) is 4.54. The molecule has 0 N–H and O–H groups in total. The molecular weight excluding hydrogens is 680 g/mol. The van der Waals surface area contributed by atoms with Gasteiger partial charge in [-0.25, -0.2) is 0 Å². The molecular formula is C34H28O9Te. The van der Waals surface area contributed by atoms with E-state index in [0.29, 0.717) is 0 Å². The molecule has 1 heterocycles. The van der Waals surface area contributed by atoms with Crippen molar-refractivity contribution in [1.29, 1.82) is 0 Å². The first-order valence-electron chi connectivity index (χ1n) is 13.7. The summed E-state index contributed by atoms with van der Waals surface area (Å²) in [6.07, 6.45) is -7.07. The molecule has 0 bridgehead atoms. The van der Waals surface area contributed by atoms with E-state index in [0.717, 1.165) is 3.61 Å². The number of carbonyl (C=O) groups excluding carboxylic acids is 4. The Labute approximate surface area is 264 Å². The molecule has 1 fully saturated rings. The molecule has 0 unspecified atom stereocenters. The predicted molar refractivity (Wildman–Crippen MR) is 159 cm³/mol. The minimum atomic E-state index is -1.53. The minimum absolute atomic E-state index is 0.204. The Morgan fingerprint density at radius 1 is 0.545 bits per heavy atom. The fourth-order valence-corrected chi connectivity index (χ4v) is 6.91. The standard InChI is InChI=1S/C34H28O9Te/c1-39-34-29(42-32(37)24-18-10-4-11-19-24)27(41-31(36)23-16-8-3-9-17-23)26(40-30(35)22-14-6-2-7-15-22)28(43-34)33(38)44-25-20-12-5-13-21-25/h2-21,26-29,34H,1H3/t26-,27-,28-,29+,34+/m0/s1. The summed E-state index contributed by atoms with van der Waals surface area (Å²) in [6, 6.07) is 33.7. The van der Waals surface area contributed by atoms with Crippen LogP contribution in [0.1, 0.15) is 31.1 Å². The second-order valence-corrected chi connectivity index (χ2v) is 12.7. The molecule has 0 radical (unpaired) electrons. The van der Waals surface area contributed by atoms with Gasteiger partial charge >= 0.3 is 265 Å². The zero-order valence-corrected chi connectivity index (χ0v) is 25.8. The maximum atomic E-state index is 13.8. The van der Waals surface area contributed by atoms with E-state index >= 15 is 0 Å². The Kier molecular flexibility index (Phi) is 10.5. The average Bonchev–Trinajstić information content (AvgIpc) is 3.07. The number of rotatable bonds is 10. The molecule has 0 spiro atoms. The Morgan fingerprint density at radius 3 is 1.36 bits per heavy atom. The first kappa shape index (κ1) is 31.1. The van der Waals surface area contributed by atoms with Gasteiger partial charge in [-0.05, 0) is 0 Å². The molecule has 1 aliphatic heterocycles. The van der Waals surface area contributed by atoms with E-state index in [4.69, 9.17) is 23.7 Å². The topological polar surface area (TPSA) is 114 Å². The van der Waals surface area contributed by atoms with E-state index in [1.807, 2.05) is 30.3 Å². The van der Waals surface area contributed by atoms with Gasteiger partial charge in [-0.1, -0.05) is 0 Å². The number of ether oxygens (including phenoxy) is 5. The first-order chi connectivity index (χ1) is 21.4. The van der Waals surface area contributed by atoms with Crippen LogP contribution in [-0.2, 0) is 28.5 Å². The molecule has 9 nitrogen and oxygen atoms in total. The number of hydrogen-bond donors (Lipinski definition) is 0. The molecule has 1 saturated heterocycles. The molecule has 5 atom stereocenters. The van der Waals surface area contributed by atoms with Crippen LogP contribution in [0.2, 0.25) is 0 Å². The molecule has 0 saturated carbocycles. The van der Waals surface area contributed by atoms with Crippen molar-refractivity contribution < 1.29 is 42.9 Å². The molecule has 1 aliphatic rings. The second-order valence-electron chi connectivity index (χ2n) is 9.60. The Morgan fingerprint density at radius 2 is 0.932 bits per heavy atom. The van der Waals surface area contributed by atoms with Gasteiger partial charge in [-0.3, -0.25) is 0 Å². The van der Waals surface area contributed by atoms with Crippen molar-refractivity contribution >= 4 is 46.3 Å². The van der Waals surface area contributed by atoms with Crippen molar-refractivity contribution in [2.75, 3.05) is 7.11 Å². The third-order valence-electron chi connectivity index (χ3n) is 6.68. The maximum absolute atomic E-state index is 13.8. The van der Waals surface area contributed by atoms with Gasteiger partial charge in [0.25, 0.3) is 0 Å². The van der Waals surface area contributed by atoms with Crippen molar-refractivity contribution in [3.8, 4) is 0 Å². The molecule has 0 aliphatic carbocycles. The normalized spacial score (nSPS) is 21.1. The van der Waals surface area contributed by atoms with Crippen LogP contribution in [0.4, 0.5) is 0 Å². The van der Waals surface area contributed by atoms with E-state index in [9.17, 15) is 19.2 Å². The number of carbonyl (C=O) groups is 4. The molecule has 0 amide bonds. The summed E-state index contributed by atoms with van der Waals surface area (Å²) in [5.41, 5.74) is 0.635. The monoisotopic (exact) mass is 710 g/mol. The number of methoxy groups -OCH3 is 1. The van der Waals surface area contributed by atoms with E-state index in [1.165, 1.54) is 7.11 Å². The number of esters is 3. The van der Waals surface area contributed by atoms with Gasteiger partial charge in [0, 0.05) is 0 Å². The van der Waals surface area contributed by atoms with E-state index in [-0.39, 0.29) is 20.5 Å². The zero-order chi connectivity index (χ0) is 30.9. The predicted octanol–water partition coefficient (Wildman–Crippen LogP) is 3.59.